The Labute approximate surface area is 135 Å². The van der Waals surface area contributed by atoms with Gasteiger partial charge in [-0.3, -0.25) is 4.90 Å². The fourth-order valence-corrected chi connectivity index (χ4v) is 3.04. The molecule has 0 aliphatic carbocycles. The second-order valence-electron chi connectivity index (χ2n) is 5.98. The van der Waals surface area contributed by atoms with E-state index in [1.165, 1.54) is 0 Å². The van der Waals surface area contributed by atoms with E-state index in [4.69, 9.17) is 0 Å². The highest BCUT2D eigenvalue weighted by Crippen LogP contribution is 2.16. The van der Waals surface area contributed by atoms with E-state index in [1.807, 2.05) is 25.1 Å². The van der Waals surface area contributed by atoms with Crippen LogP contribution >= 0.6 is 0 Å². The van der Waals surface area contributed by atoms with Crippen LogP contribution < -0.4 is 4.90 Å². The number of hydrogen-bond acceptors (Lipinski definition) is 5. The van der Waals surface area contributed by atoms with Crippen LogP contribution in [-0.4, -0.2) is 51.0 Å². The van der Waals surface area contributed by atoms with E-state index in [9.17, 15) is 0 Å². The van der Waals surface area contributed by atoms with E-state index in [-0.39, 0.29) is 0 Å². The average Bonchev–Trinajstić information content (AvgIpc) is 2.98. The number of anilines is 1. The van der Waals surface area contributed by atoms with Crippen molar-refractivity contribution in [3.63, 3.8) is 0 Å². The summed E-state index contributed by atoms with van der Waals surface area (Å²) in [5.74, 6) is 2.07. The summed E-state index contributed by atoms with van der Waals surface area (Å²) in [5.41, 5.74) is 3.16. The molecule has 6 heteroatoms. The minimum atomic E-state index is 0.866. The molecule has 3 heterocycles. The number of nitrogens with zero attached hydrogens (tertiary/aromatic N) is 5. The van der Waals surface area contributed by atoms with Crippen molar-refractivity contribution in [3.05, 3.63) is 48.2 Å². The highest BCUT2D eigenvalue weighted by atomic mass is 15.3. The number of rotatable bonds is 3. The third-order valence-corrected chi connectivity index (χ3v) is 4.30. The van der Waals surface area contributed by atoms with Crippen molar-refractivity contribution in [3.8, 4) is 0 Å². The highest BCUT2D eigenvalue weighted by Gasteiger charge is 2.19. The van der Waals surface area contributed by atoms with E-state index in [0.717, 1.165) is 61.1 Å². The van der Waals surface area contributed by atoms with E-state index < -0.39 is 0 Å². The number of nitrogens with one attached hydrogen (secondary N) is 1. The van der Waals surface area contributed by atoms with E-state index >= 15 is 0 Å². The molecule has 0 saturated carbocycles. The van der Waals surface area contributed by atoms with Gasteiger partial charge in [-0.15, -0.1) is 0 Å². The van der Waals surface area contributed by atoms with Gasteiger partial charge in [-0.1, -0.05) is 12.1 Å². The summed E-state index contributed by atoms with van der Waals surface area (Å²) in [6.07, 6.45) is 1.64. The minimum absolute atomic E-state index is 0.866. The van der Waals surface area contributed by atoms with Crippen LogP contribution in [0.4, 0.5) is 5.82 Å². The lowest BCUT2D eigenvalue weighted by molar-refractivity contribution is 0.244. The van der Waals surface area contributed by atoms with Crippen molar-refractivity contribution in [2.45, 2.75) is 13.5 Å². The van der Waals surface area contributed by atoms with Crippen LogP contribution in [0.2, 0.25) is 0 Å². The van der Waals surface area contributed by atoms with Crippen molar-refractivity contribution in [2.75, 3.05) is 31.1 Å². The molecule has 3 aromatic rings. The van der Waals surface area contributed by atoms with Crippen molar-refractivity contribution >= 4 is 16.9 Å². The lowest BCUT2D eigenvalue weighted by atomic mass is 10.3. The molecule has 4 rings (SSSR count). The van der Waals surface area contributed by atoms with Crippen molar-refractivity contribution in [1.82, 2.24) is 24.8 Å². The van der Waals surface area contributed by atoms with E-state index in [0.29, 0.717) is 0 Å². The number of aromatic nitrogens is 4. The first-order valence-corrected chi connectivity index (χ1v) is 7.97. The largest absolute Gasteiger partial charge is 0.354 e. The summed E-state index contributed by atoms with van der Waals surface area (Å²) < 4.78 is 0. The zero-order chi connectivity index (χ0) is 15.6. The number of aryl methyl sites for hydroxylation is 1. The van der Waals surface area contributed by atoms with Crippen LogP contribution in [-0.2, 0) is 6.54 Å². The molecule has 6 nitrogen and oxygen atoms in total. The molecule has 1 aliphatic heterocycles. The summed E-state index contributed by atoms with van der Waals surface area (Å²) >= 11 is 0. The van der Waals surface area contributed by atoms with Gasteiger partial charge in [-0.05, 0) is 19.1 Å². The van der Waals surface area contributed by atoms with E-state index in [2.05, 4.69) is 41.9 Å². The number of hydrogen-bond donors (Lipinski definition) is 1. The zero-order valence-corrected chi connectivity index (χ0v) is 13.2. The molecule has 1 aliphatic rings. The van der Waals surface area contributed by atoms with Crippen LogP contribution in [0.25, 0.3) is 11.0 Å². The second kappa shape index (κ2) is 5.96. The molecule has 0 unspecified atom stereocenters. The SMILES string of the molecule is Cc1cc(N2CCN(Cc3nc4ccccc4[nH]3)CC2)ncn1. The molecule has 1 saturated heterocycles. The van der Waals surface area contributed by atoms with Crippen LogP contribution in [0.3, 0.4) is 0 Å². The Hall–Kier alpha value is -2.47. The van der Waals surface area contributed by atoms with Gasteiger partial charge in [0.25, 0.3) is 0 Å². The summed E-state index contributed by atoms with van der Waals surface area (Å²) in [6, 6.07) is 10.2. The first kappa shape index (κ1) is 14.1. The van der Waals surface area contributed by atoms with Crippen molar-refractivity contribution in [2.24, 2.45) is 0 Å². The number of fused-ring (bicyclic) bond motifs is 1. The molecule has 1 N–H and O–H groups in total. The molecular weight excluding hydrogens is 288 g/mol. The Bertz CT molecular complexity index is 770. The standard InChI is InChI=1S/C17H20N6/c1-13-10-17(19-12-18-13)23-8-6-22(7-9-23)11-16-20-14-4-2-3-5-15(14)21-16/h2-5,10,12H,6-9,11H2,1H3,(H,20,21). The number of H-pyrrole nitrogens is 1. The topological polar surface area (TPSA) is 60.9 Å². The Balaban J connectivity index is 1.39. The quantitative estimate of drug-likeness (QED) is 0.802. The van der Waals surface area contributed by atoms with Crippen LogP contribution in [0.1, 0.15) is 11.5 Å². The van der Waals surface area contributed by atoms with Crippen molar-refractivity contribution in [1.29, 1.82) is 0 Å². The molecule has 0 bridgehead atoms. The fraction of sp³-hybridized carbons (Fsp3) is 0.353. The van der Waals surface area contributed by atoms with Crippen LogP contribution in [0, 0.1) is 6.92 Å². The molecule has 0 atom stereocenters. The number of aromatic amines is 1. The molecule has 2 aromatic heterocycles. The summed E-state index contributed by atoms with van der Waals surface area (Å²) in [5, 5.41) is 0. The lowest BCUT2D eigenvalue weighted by Crippen LogP contribution is -2.46. The lowest BCUT2D eigenvalue weighted by Gasteiger charge is -2.34. The van der Waals surface area contributed by atoms with Gasteiger partial charge in [0.2, 0.25) is 0 Å². The van der Waals surface area contributed by atoms with Gasteiger partial charge < -0.3 is 9.88 Å². The third kappa shape index (κ3) is 3.03. The molecule has 0 spiro atoms. The second-order valence-corrected chi connectivity index (χ2v) is 5.98. The molecule has 1 fully saturated rings. The highest BCUT2D eigenvalue weighted by molar-refractivity contribution is 5.74. The maximum atomic E-state index is 4.66. The van der Waals surface area contributed by atoms with Gasteiger partial charge in [0.05, 0.1) is 17.6 Å². The first-order chi connectivity index (χ1) is 11.3. The van der Waals surface area contributed by atoms with Crippen molar-refractivity contribution < 1.29 is 0 Å². The van der Waals surface area contributed by atoms with Gasteiger partial charge in [0.1, 0.15) is 18.0 Å². The molecular formula is C17H20N6. The van der Waals surface area contributed by atoms with Crippen LogP contribution in [0.15, 0.2) is 36.7 Å². The Morgan fingerprint density at radius 2 is 1.91 bits per heavy atom. The van der Waals surface area contributed by atoms with Gasteiger partial charge in [0.15, 0.2) is 0 Å². The number of imidazole rings is 1. The number of para-hydroxylation sites is 2. The maximum absolute atomic E-state index is 4.66. The number of benzene rings is 1. The Morgan fingerprint density at radius 1 is 1.09 bits per heavy atom. The summed E-state index contributed by atoms with van der Waals surface area (Å²) in [7, 11) is 0. The molecule has 118 valence electrons. The fourth-order valence-electron chi connectivity index (χ4n) is 3.04. The average molecular weight is 308 g/mol. The minimum Gasteiger partial charge on any atom is -0.354 e. The van der Waals surface area contributed by atoms with Gasteiger partial charge in [-0.2, -0.15) is 0 Å². The Morgan fingerprint density at radius 3 is 2.70 bits per heavy atom. The maximum Gasteiger partial charge on any atom is 0.132 e. The predicted octanol–water partition coefficient (Wildman–Crippen LogP) is 1.98. The smallest absolute Gasteiger partial charge is 0.132 e. The zero-order valence-electron chi connectivity index (χ0n) is 13.2. The normalized spacial score (nSPS) is 16.1. The van der Waals surface area contributed by atoms with E-state index in [1.54, 1.807) is 6.33 Å². The van der Waals surface area contributed by atoms with Gasteiger partial charge >= 0.3 is 0 Å². The summed E-state index contributed by atoms with van der Waals surface area (Å²) in [6.45, 7) is 6.86. The predicted molar refractivity (Wildman–Crippen MR) is 90.4 cm³/mol. The van der Waals surface area contributed by atoms with Crippen LogP contribution in [0.5, 0.6) is 0 Å². The van der Waals surface area contributed by atoms with Gasteiger partial charge in [-0.25, -0.2) is 15.0 Å². The van der Waals surface area contributed by atoms with Gasteiger partial charge in [0, 0.05) is 37.9 Å². The Kier molecular flexibility index (Phi) is 3.67. The third-order valence-electron chi connectivity index (χ3n) is 4.30. The first-order valence-electron chi connectivity index (χ1n) is 7.97. The molecule has 1 aromatic carbocycles. The molecule has 23 heavy (non-hydrogen) atoms. The monoisotopic (exact) mass is 308 g/mol. The summed E-state index contributed by atoms with van der Waals surface area (Å²) in [4.78, 5) is 21.4. The molecule has 0 radical (unpaired) electrons. The number of piperazine rings is 1. The molecule has 0 amide bonds.